The lowest BCUT2D eigenvalue weighted by atomic mass is 10.0. The molecule has 1 aromatic heterocycles. The Kier molecular flexibility index (Phi) is 6.05. The molecular weight excluding hydrogens is 292 g/mol. The van der Waals surface area contributed by atoms with Crippen molar-refractivity contribution < 1.29 is 9.53 Å². The summed E-state index contributed by atoms with van der Waals surface area (Å²) in [5.74, 6) is 0.831. The zero-order chi connectivity index (χ0) is 16.7. The summed E-state index contributed by atoms with van der Waals surface area (Å²) in [7, 11) is 1.58. The van der Waals surface area contributed by atoms with Crippen molar-refractivity contribution in [2.24, 2.45) is 0 Å². The minimum absolute atomic E-state index is 0.262. The number of ether oxygens (including phenoxy) is 1. The first-order valence-corrected chi connectivity index (χ1v) is 7.58. The maximum absolute atomic E-state index is 11.8. The molecule has 6 heteroatoms. The highest BCUT2D eigenvalue weighted by atomic mass is 16.5. The second-order valence-corrected chi connectivity index (χ2v) is 5.45. The lowest BCUT2D eigenvalue weighted by molar-refractivity contribution is 0.0931. The molecule has 0 atom stereocenters. The molecule has 1 amide bonds. The highest BCUT2D eigenvalue weighted by molar-refractivity contribution is 5.92. The van der Waals surface area contributed by atoms with E-state index < -0.39 is 0 Å². The summed E-state index contributed by atoms with van der Waals surface area (Å²) >= 11 is 0. The number of benzene rings is 1. The lowest BCUT2D eigenvalue weighted by Gasteiger charge is -2.09. The van der Waals surface area contributed by atoms with Gasteiger partial charge in [-0.25, -0.2) is 0 Å². The van der Waals surface area contributed by atoms with Gasteiger partial charge in [0.25, 0.3) is 5.91 Å². The quantitative estimate of drug-likeness (QED) is 0.769. The van der Waals surface area contributed by atoms with E-state index in [9.17, 15) is 4.79 Å². The van der Waals surface area contributed by atoms with Crippen LogP contribution < -0.4 is 10.6 Å². The van der Waals surface area contributed by atoms with Gasteiger partial charge in [-0.1, -0.05) is 26.0 Å². The Morgan fingerprint density at radius 2 is 1.87 bits per heavy atom. The maximum atomic E-state index is 11.8. The molecular formula is C17H22N4O2. The third-order valence-electron chi connectivity index (χ3n) is 3.34. The number of aromatic nitrogens is 2. The number of anilines is 2. The van der Waals surface area contributed by atoms with E-state index in [4.69, 9.17) is 4.74 Å². The molecule has 0 fully saturated rings. The molecule has 0 spiro atoms. The first-order chi connectivity index (χ1) is 11.1. The van der Waals surface area contributed by atoms with Crippen molar-refractivity contribution in [3.63, 3.8) is 0 Å². The van der Waals surface area contributed by atoms with Crippen molar-refractivity contribution in [2.45, 2.75) is 19.8 Å². The summed E-state index contributed by atoms with van der Waals surface area (Å²) in [5.41, 5.74) is 2.49. The van der Waals surface area contributed by atoms with Crippen LogP contribution in [-0.2, 0) is 4.74 Å². The fraction of sp³-hybridized carbons (Fsp3) is 0.353. The second kappa shape index (κ2) is 8.24. The first kappa shape index (κ1) is 16.9. The van der Waals surface area contributed by atoms with Gasteiger partial charge in [0.2, 0.25) is 0 Å². The minimum Gasteiger partial charge on any atom is -0.383 e. The Morgan fingerprint density at radius 3 is 2.43 bits per heavy atom. The van der Waals surface area contributed by atoms with Gasteiger partial charge in [-0.05, 0) is 35.7 Å². The highest BCUT2D eigenvalue weighted by Crippen LogP contribution is 2.19. The summed E-state index contributed by atoms with van der Waals surface area (Å²) in [5, 5.41) is 13.8. The average molecular weight is 314 g/mol. The molecule has 0 bridgehead atoms. The van der Waals surface area contributed by atoms with Crippen molar-refractivity contribution in [3.8, 4) is 0 Å². The largest absolute Gasteiger partial charge is 0.383 e. The molecule has 0 saturated carbocycles. The monoisotopic (exact) mass is 314 g/mol. The predicted molar refractivity (Wildman–Crippen MR) is 90.1 cm³/mol. The molecule has 0 unspecified atom stereocenters. The van der Waals surface area contributed by atoms with E-state index in [0.29, 0.717) is 24.9 Å². The molecule has 0 aliphatic heterocycles. The van der Waals surface area contributed by atoms with E-state index in [1.807, 2.05) is 12.1 Å². The molecule has 0 radical (unpaired) electrons. The molecule has 2 aromatic rings. The van der Waals surface area contributed by atoms with Crippen LogP contribution in [0.1, 0.15) is 35.8 Å². The Labute approximate surface area is 136 Å². The van der Waals surface area contributed by atoms with Gasteiger partial charge in [-0.2, -0.15) is 0 Å². The second-order valence-electron chi connectivity index (χ2n) is 5.45. The van der Waals surface area contributed by atoms with Crippen LogP contribution in [0, 0.1) is 0 Å². The summed E-state index contributed by atoms with van der Waals surface area (Å²) in [6.45, 7) is 5.22. The van der Waals surface area contributed by atoms with Crippen molar-refractivity contribution in [1.82, 2.24) is 15.5 Å². The number of rotatable bonds is 7. The van der Waals surface area contributed by atoms with E-state index in [1.165, 1.54) is 5.56 Å². The Hall–Kier alpha value is -2.47. The molecule has 2 rings (SSSR count). The van der Waals surface area contributed by atoms with E-state index >= 15 is 0 Å². The number of nitrogens with one attached hydrogen (secondary N) is 2. The number of hydrogen-bond donors (Lipinski definition) is 2. The van der Waals surface area contributed by atoms with Crippen molar-refractivity contribution in [1.29, 1.82) is 0 Å². The summed E-state index contributed by atoms with van der Waals surface area (Å²) in [4.78, 5) is 11.8. The molecule has 0 aliphatic rings. The van der Waals surface area contributed by atoms with Crippen LogP contribution in [-0.4, -0.2) is 36.4 Å². The molecule has 23 heavy (non-hydrogen) atoms. The first-order valence-electron chi connectivity index (χ1n) is 7.58. The number of amides is 1. The topological polar surface area (TPSA) is 76.1 Å². The van der Waals surface area contributed by atoms with Crippen molar-refractivity contribution >= 4 is 17.4 Å². The van der Waals surface area contributed by atoms with Gasteiger partial charge in [0, 0.05) is 19.3 Å². The number of nitrogens with zero attached hydrogens (tertiary/aromatic N) is 2. The third-order valence-corrected chi connectivity index (χ3v) is 3.34. The summed E-state index contributed by atoms with van der Waals surface area (Å²) < 4.78 is 4.88. The fourth-order valence-electron chi connectivity index (χ4n) is 1.98. The van der Waals surface area contributed by atoms with Crippen LogP contribution in [0.5, 0.6) is 0 Å². The molecule has 1 aromatic carbocycles. The van der Waals surface area contributed by atoms with Crippen LogP contribution in [0.15, 0.2) is 36.4 Å². The van der Waals surface area contributed by atoms with Gasteiger partial charge in [0.15, 0.2) is 11.5 Å². The normalized spacial score (nSPS) is 10.6. The van der Waals surface area contributed by atoms with Gasteiger partial charge in [-0.3, -0.25) is 4.79 Å². The highest BCUT2D eigenvalue weighted by Gasteiger charge is 2.07. The molecule has 0 aliphatic carbocycles. The van der Waals surface area contributed by atoms with E-state index in [-0.39, 0.29) is 11.6 Å². The van der Waals surface area contributed by atoms with Crippen LogP contribution in [0.3, 0.4) is 0 Å². The van der Waals surface area contributed by atoms with Crippen LogP contribution in [0.4, 0.5) is 11.5 Å². The van der Waals surface area contributed by atoms with Crippen LogP contribution in [0.25, 0.3) is 0 Å². The SMILES string of the molecule is COCCNC(=O)c1ccc(Nc2ccc(C(C)C)cc2)nn1. The summed E-state index contributed by atoms with van der Waals surface area (Å²) in [6, 6.07) is 11.5. The maximum Gasteiger partial charge on any atom is 0.271 e. The Balaban J connectivity index is 1.95. The van der Waals surface area contributed by atoms with Crippen molar-refractivity contribution in [3.05, 3.63) is 47.7 Å². The Bertz CT molecular complexity index is 624. The van der Waals surface area contributed by atoms with Gasteiger partial charge >= 0.3 is 0 Å². The van der Waals surface area contributed by atoms with E-state index in [1.54, 1.807) is 19.2 Å². The molecule has 0 saturated heterocycles. The molecule has 6 nitrogen and oxygen atoms in total. The van der Waals surface area contributed by atoms with Gasteiger partial charge < -0.3 is 15.4 Å². The number of hydrogen-bond acceptors (Lipinski definition) is 5. The minimum atomic E-state index is -0.262. The summed E-state index contributed by atoms with van der Waals surface area (Å²) in [6.07, 6.45) is 0. The van der Waals surface area contributed by atoms with E-state index in [0.717, 1.165) is 5.69 Å². The molecule has 2 N–H and O–H groups in total. The number of carbonyl (C=O) groups is 1. The van der Waals surface area contributed by atoms with Crippen molar-refractivity contribution in [2.75, 3.05) is 25.6 Å². The fourth-order valence-corrected chi connectivity index (χ4v) is 1.98. The number of methoxy groups -OCH3 is 1. The van der Waals surface area contributed by atoms with Gasteiger partial charge in [0.05, 0.1) is 6.61 Å². The average Bonchev–Trinajstić information content (AvgIpc) is 2.56. The van der Waals surface area contributed by atoms with Crippen LogP contribution in [0.2, 0.25) is 0 Å². The zero-order valence-electron chi connectivity index (χ0n) is 13.7. The number of carbonyl (C=O) groups excluding carboxylic acids is 1. The third kappa shape index (κ3) is 5.03. The standard InChI is InChI=1S/C17H22N4O2/c1-12(2)13-4-6-14(7-5-13)19-16-9-8-15(20-21-16)17(22)18-10-11-23-3/h4-9,12H,10-11H2,1-3H3,(H,18,22)(H,19,21). The van der Waals surface area contributed by atoms with Crippen LogP contribution >= 0.6 is 0 Å². The predicted octanol–water partition coefficient (Wildman–Crippen LogP) is 2.72. The molecule has 1 heterocycles. The molecule has 122 valence electrons. The Morgan fingerprint density at radius 1 is 1.13 bits per heavy atom. The lowest BCUT2D eigenvalue weighted by Crippen LogP contribution is -2.27. The van der Waals surface area contributed by atoms with E-state index in [2.05, 4.69) is 46.8 Å². The van der Waals surface area contributed by atoms with Gasteiger partial charge in [-0.15, -0.1) is 10.2 Å². The smallest absolute Gasteiger partial charge is 0.271 e. The zero-order valence-corrected chi connectivity index (χ0v) is 13.7. The van der Waals surface area contributed by atoms with Gasteiger partial charge in [0.1, 0.15) is 0 Å².